The van der Waals surface area contributed by atoms with Crippen LogP contribution in [-0.4, -0.2) is 23.0 Å². The van der Waals surface area contributed by atoms with E-state index in [-0.39, 0.29) is 18.4 Å². The van der Waals surface area contributed by atoms with E-state index in [4.69, 9.17) is 5.11 Å². The molecule has 0 bridgehead atoms. The molecule has 0 spiro atoms. The van der Waals surface area contributed by atoms with Crippen molar-refractivity contribution in [1.82, 2.24) is 5.32 Å². The highest BCUT2D eigenvalue weighted by atomic mass is 16.4. The van der Waals surface area contributed by atoms with Gasteiger partial charge in [-0.1, -0.05) is 30.3 Å². The van der Waals surface area contributed by atoms with Crippen LogP contribution in [0.2, 0.25) is 0 Å². The summed E-state index contributed by atoms with van der Waals surface area (Å²) < 4.78 is 0. The second-order valence-corrected chi connectivity index (χ2v) is 5.77. The molecule has 2 N–H and O–H groups in total. The second-order valence-electron chi connectivity index (χ2n) is 5.77. The number of carbonyl (C=O) groups is 2. The van der Waals surface area contributed by atoms with E-state index in [2.05, 4.69) is 29.6 Å². The first kappa shape index (κ1) is 15.5. The number of amides is 1. The molecule has 1 fully saturated rings. The number of benzene rings is 1. The lowest BCUT2D eigenvalue weighted by Crippen LogP contribution is -2.37. The van der Waals surface area contributed by atoms with Crippen LogP contribution in [0.25, 0.3) is 0 Å². The second kappa shape index (κ2) is 7.81. The molecule has 4 heteroatoms. The zero-order valence-corrected chi connectivity index (χ0v) is 12.3. The monoisotopic (exact) mass is 289 g/mol. The molecule has 1 saturated carbocycles. The average Bonchev–Trinajstić information content (AvgIpc) is 2.48. The van der Waals surface area contributed by atoms with Crippen molar-refractivity contribution in [1.29, 1.82) is 0 Å². The molecule has 1 aromatic rings. The largest absolute Gasteiger partial charge is 0.481 e. The van der Waals surface area contributed by atoms with Crippen LogP contribution in [0.4, 0.5) is 0 Å². The van der Waals surface area contributed by atoms with E-state index in [9.17, 15) is 9.59 Å². The zero-order chi connectivity index (χ0) is 15.1. The molecule has 4 nitrogen and oxygen atoms in total. The maximum Gasteiger partial charge on any atom is 0.303 e. The smallest absolute Gasteiger partial charge is 0.303 e. The van der Waals surface area contributed by atoms with Gasteiger partial charge in [0.05, 0.1) is 0 Å². The summed E-state index contributed by atoms with van der Waals surface area (Å²) in [6.07, 6.45) is 5.00. The standard InChI is InChI=1S/C17H23NO3/c19-16(7-4-8-17(20)21)18-15-11-9-14(10-12-15)13-5-2-1-3-6-13/h1-3,5-6,14-15H,4,7-12H2,(H,18,19)(H,20,21). The summed E-state index contributed by atoms with van der Waals surface area (Å²) in [7, 11) is 0. The van der Waals surface area contributed by atoms with E-state index in [1.807, 2.05) is 6.07 Å². The molecule has 0 radical (unpaired) electrons. The van der Waals surface area contributed by atoms with Crippen LogP contribution in [0.1, 0.15) is 56.4 Å². The normalized spacial score (nSPS) is 21.7. The van der Waals surface area contributed by atoms with Gasteiger partial charge in [-0.3, -0.25) is 9.59 Å². The Morgan fingerprint density at radius 3 is 2.33 bits per heavy atom. The van der Waals surface area contributed by atoms with Crippen molar-refractivity contribution in [2.45, 2.75) is 56.9 Å². The van der Waals surface area contributed by atoms with Gasteiger partial charge in [-0.05, 0) is 43.6 Å². The first-order chi connectivity index (χ1) is 10.1. The third-order valence-corrected chi connectivity index (χ3v) is 4.16. The van der Waals surface area contributed by atoms with Gasteiger partial charge in [0.15, 0.2) is 0 Å². The van der Waals surface area contributed by atoms with Crippen LogP contribution in [0, 0.1) is 0 Å². The summed E-state index contributed by atoms with van der Waals surface area (Å²) in [6, 6.07) is 10.8. The lowest BCUT2D eigenvalue weighted by atomic mass is 9.82. The maximum absolute atomic E-state index is 11.7. The van der Waals surface area contributed by atoms with Gasteiger partial charge in [0, 0.05) is 18.9 Å². The van der Waals surface area contributed by atoms with E-state index >= 15 is 0 Å². The first-order valence-corrected chi connectivity index (χ1v) is 7.71. The Bertz CT molecular complexity index is 464. The molecule has 1 aliphatic carbocycles. The molecule has 2 rings (SSSR count). The van der Waals surface area contributed by atoms with E-state index in [1.165, 1.54) is 5.56 Å². The van der Waals surface area contributed by atoms with Crippen molar-refractivity contribution >= 4 is 11.9 Å². The van der Waals surface area contributed by atoms with Gasteiger partial charge in [-0.25, -0.2) is 0 Å². The Kier molecular flexibility index (Phi) is 5.78. The molecule has 1 aromatic carbocycles. The van der Waals surface area contributed by atoms with Gasteiger partial charge in [0.2, 0.25) is 5.91 Å². The minimum Gasteiger partial charge on any atom is -0.481 e. The SMILES string of the molecule is O=C(O)CCCC(=O)NC1CCC(c2ccccc2)CC1. The lowest BCUT2D eigenvalue weighted by molar-refractivity contribution is -0.137. The molecular formula is C17H23NO3. The van der Waals surface area contributed by atoms with Crippen LogP contribution in [0.5, 0.6) is 0 Å². The number of nitrogens with one attached hydrogen (secondary N) is 1. The Hall–Kier alpha value is -1.84. The molecule has 21 heavy (non-hydrogen) atoms. The van der Waals surface area contributed by atoms with E-state index in [0.29, 0.717) is 18.8 Å². The summed E-state index contributed by atoms with van der Waals surface area (Å²) in [5.74, 6) is -0.253. The van der Waals surface area contributed by atoms with Gasteiger partial charge in [-0.15, -0.1) is 0 Å². The fraction of sp³-hybridized carbons (Fsp3) is 0.529. The molecule has 114 valence electrons. The third-order valence-electron chi connectivity index (χ3n) is 4.16. The Balaban J connectivity index is 1.69. The Morgan fingerprint density at radius 2 is 1.71 bits per heavy atom. The minimum atomic E-state index is -0.842. The Labute approximate surface area is 125 Å². The highest BCUT2D eigenvalue weighted by Gasteiger charge is 2.23. The lowest BCUT2D eigenvalue weighted by Gasteiger charge is -2.29. The van der Waals surface area contributed by atoms with Crippen molar-refractivity contribution in [3.05, 3.63) is 35.9 Å². The van der Waals surface area contributed by atoms with Gasteiger partial charge in [-0.2, -0.15) is 0 Å². The highest BCUT2D eigenvalue weighted by Crippen LogP contribution is 2.32. The van der Waals surface area contributed by atoms with Crippen molar-refractivity contribution in [3.8, 4) is 0 Å². The van der Waals surface area contributed by atoms with Gasteiger partial charge < -0.3 is 10.4 Å². The van der Waals surface area contributed by atoms with Crippen LogP contribution in [0.15, 0.2) is 30.3 Å². The number of aliphatic carboxylic acids is 1. The van der Waals surface area contributed by atoms with Crippen LogP contribution < -0.4 is 5.32 Å². The molecule has 0 atom stereocenters. The van der Waals surface area contributed by atoms with Gasteiger partial charge in [0.1, 0.15) is 0 Å². The topological polar surface area (TPSA) is 66.4 Å². The predicted molar refractivity (Wildman–Crippen MR) is 81.1 cm³/mol. The summed E-state index contributed by atoms with van der Waals surface area (Å²) >= 11 is 0. The van der Waals surface area contributed by atoms with Crippen molar-refractivity contribution in [3.63, 3.8) is 0 Å². The number of hydrogen-bond acceptors (Lipinski definition) is 2. The van der Waals surface area contributed by atoms with Crippen LogP contribution in [0.3, 0.4) is 0 Å². The summed E-state index contributed by atoms with van der Waals surface area (Å²) in [6.45, 7) is 0. The Morgan fingerprint density at radius 1 is 1.05 bits per heavy atom. The van der Waals surface area contributed by atoms with Gasteiger partial charge >= 0.3 is 5.97 Å². The summed E-state index contributed by atoms with van der Waals surface area (Å²) in [4.78, 5) is 22.2. The summed E-state index contributed by atoms with van der Waals surface area (Å²) in [5, 5.41) is 11.6. The minimum absolute atomic E-state index is 0.0144. The van der Waals surface area contributed by atoms with Crippen LogP contribution in [-0.2, 0) is 9.59 Å². The van der Waals surface area contributed by atoms with Crippen molar-refractivity contribution < 1.29 is 14.7 Å². The predicted octanol–water partition coefficient (Wildman–Crippen LogP) is 3.08. The fourth-order valence-corrected chi connectivity index (χ4v) is 3.00. The number of carboxylic acid groups (broad SMARTS) is 1. The summed E-state index contributed by atoms with van der Waals surface area (Å²) in [5.41, 5.74) is 1.39. The zero-order valence-electron chi connectivity index (χ0n) is 12.3. The fourth-order valence-electron chi connectivity index (χ4n) is 3.00. The van der Waals surface area contributed by atoms with Gasteiger partial charge in [0.25, 0.3) is 0 Å². The van der Waals surface area contributed by atoms with Crippen LogP contribution >= 0.6 is 0 Å². The quantitative estimate of drug-likeness (QED) is 0.845. The third kappa shape index (κ3) is 5.21. The molecule has 0 unspecified atom stereocenters. The van der Waals surface area contributed by atoms with Crippen molar-refractivity contribution in [2.75, 3.05) is 0 Å². The maximum atomic E-state index is 11.7. The molecule has 0 saturated heterocycles. The average molecular weight is 289 g/mol. The molecule has 0 aromatic heterocycles. The number of hydrogen-bond donors (Lipinski definition) is 2. The molecule has 0 heterocycles. The number of carboxylic acids is 1. The van der Waals surface area contributed by atoms with Crippen molar-refractivity contribution in [2.24, 2.45) is 0 Å². The highest BCUT2D eigenvalue weighted by molar-refractivity contribution is 5.77. The number of carbonyl (C=O) groups excluding carboxylic acids is 1. The van der Waals surface area contributed by atoms with E-state index < -0.39 is 5.97 Å². The van der Waals surface area contributed by atoms with E-state index in [1.54, 1.807) is 0 Å². The molecule has 1 amide bonds. The number of rotatable bonds is 6. The molecule has 1 aliphatic rings. The molecule has 0 aliphatic heterocycles. The molecular weight excluding hydrogens is 266 g/mol. The van der Waals surface area contributed by atoms with E-state index in [0.717, 1.165) is 25.7 Å². The first-order valence-electron chi connectivity index (χ1n) is 7.71.